The molecule has 20 heavy (non-hydrogen) atoms. The van der Waals surface area contributed by atoms with Crippen molar-refractivity contribution in [2.75, 3.05) is 6.61 Å². The smallest absolute Gasteiger partial charge is 0.356 e. The number of hydrogen-bond acceptors (Lipinski definition) is 5. The highest BCUT2D eigenvalue weighted by Crippen LogP contribution is 2.17. The molecule has 0 aromatic carbocycles. The lowest BCUT2D eigenvalue weighted by molar-refractivity contribution is 0.0519. The summed E-state index contributed by atoms with van der Waals surface area (Å²) in [6.45, 7) is 5.83. The zero-order valence-corrected chi connectivity index (χ0v) is 12.3. The Morgan fingerprint density at radius 1 is 1.45 bits per heavy atom. The average molecular weight is 296 g/mol. The van der Waals surface area contributed by atoms with Gasteiger partial charge in [0, 0.05) is 5.69 Å². The third-order valence-electron chi connectivity index (χ3n) is 2.58. The Morgan fingerprint density at radius 3 is 2.80 bits per heavy atom. The predicted molar refractivity (Wildman–Crippen MR) is 75.8 cm³/mol. The summed E-state index contributed by atoms with van der Waals surface area (Å²) in [7, 11) is 0. The minimum Gasteiger partial charge on any atom is -0.461 e. The molecule has 8 heteroatoms. The SMILES string of the molecule is CCOC(=O)c1[nH]c(=O)[nH]c1CSn1nc(C)cc1C. The van der Waals surface area contributed by atoms with Crippen molar-refractivity contribution in [1.29, 1.82) is 0 Å². The fourth-order valence-corrected chi connectivity index (χ4v) is 2.68. The number of aromatic amines is 2. The summed E-state index contributed by atoms with van der Waals surface area (Å²) in [5.74, 6) is -0.121. The number of rotatable bonds is 5. The van der Waals surface area contributed by atoms with E-state index in [-0.39, 0.29) is 12.3 Å². The number of nitrogens with zero attached hydrogens (tertiary/aromatic N) is 2. The van der Waals surface area contributed by atoms with Gasteiger partial charge in [0.1, 0.15) is 5.69 Å². The first-order valence-electron chi connectivity index (χ1n) is 6.16. The van der Waals surface area contributed by atoms with Crippen molar-refractivity contribution in [2.45, 2.75) is 26.5 Å². The van der Waals surface area contributed by atoms with Gasteiger partial charge in [-0.3, -0.25) is 4.98 Å². The van der Waals surface area contributed by atoms with Gasteiger partial charge < -0.3 is 9.72 Å². The Morgan fingerprint density at radius 2 is 2.20 bits per heavy atom. The molecule has 0 bridgehead atoms. The maximum Gasteiger partial charge on any atom is 0.356 e. The minimum atomic E-state index is -0.533. The lowest BCUT2D eigenvalue weighted by Crippen LogP contribution is -2.09. The molecular weight excluding hydrogens is 280 g/mol. The molecule has 0 aliphatic carbocycles. The van der Waals surface area contributed by atoms with Crippen LogP contribution in [0.3, 0.4) is 0 Å². The summed E-state index contributed by atoms with van der Waals surface area (Å²) >= 11 is 1.39. The van der Waals surface area contributed by atoms with Crippen molar-refractivity contribution < 1.29 is 9.53 Å². The molecule has 2 aromatic rings. The van der Waals surface area contributed by atoms with Crippen molar-refractivity contribution in [3.63, 3.8) is 0 Å². The van der Waals surface area contributed by atoms with Crippen LogP contribution in [0.15, 0.2) is 10.9 Å². The van der Waals surface area contributed by atoms with E-state index >= 15 is 0 Å². The summed E-state index contributed by atoms with van der Waals surface area (Å²) in [4.78, 5) is 28.1. The number of imidazole rings is 1. The molecule has 2 aromatic heterocycles. The van der Waals surface area contributed by atoms with Gasteiger partial charge in [0.05, 0.1) is 23.7 Å². The Labute approximate surface area is 119 Å². The van der Waals surface area contributed by atoms with Crippen LogP contribution in [0.1, 0.15) is 34.5 Å². The van der Waals surface area contributed by atoms with E-state index in [0.717, 1.165) is 11.4 Å². The molecule has 0 fully saturated rings. The Kier molecular flexibility index (Phi) is 4.33. The van der Waals surface area contributed by atoms with Crippen LogP contribution < -0.4 is 5.69 Å². The number of aryl methyl sites for hydroxylation is 2. The first-order valence-corrected chi connectivity index (χ1v) is 7.10. The zero-order chi connectivity index (χ0) is 14.7. The number of carbonyl (C=O) groups excluding carboxylic acids is 1. The average Bonchev–Trinajstić information content (AvgIpc) is 2.90. The molecule has 0 spiro atoms. The normalized spacial score (nSPS) is 10.8. The fourth-order valence-electron chi connectivity index (χ4n) is 1.77. The Bertz CT molecular complexity index is 671. The summed E-state index contributed by atoms with van der Waals surface area (Å²) in [6.07, 6.45) is 0. The summed E-state index contributed by atoms with van der Waals surface area (Å²) in [5.41, 5.74) is 2.18. The molecule has 2 heterocycles. The number of aromatic nitrogens is 4. The van der Waals surface area contributed by atoms with Crippen LogP contribution in [-0.4, -0.2) is 31.7 Å². The van der Waals surface area contributed by atoms with E-state index in [1.807, 2.05) is 19.9 Å². The molecule has 0 saturated carbocycles. The predicted octanol–water partition coefficient (Wildman–Crippen LogP) is 1.39. The van der Waals surface area contributed by atoms with Gasteiger partial charge in [0.25, 0.3) is 0 Å². The third-order valence-corrected chi connectivity index (χ3v) is 3.62. The van der Waals surface area contributed by atoms with Gasteiger partial charge in [0.2, 0.25) is 0 Å². The molecule has 2 N–H and O–H groups in total. The van der Waals surface area contributed by atoms with Gasteiger partial charge in [-0.25, -0.2) is 13.7 Å². The second-order valence-corrected chi connectivity index (χ2v) is 5.12. The van der Waals surface area contributed by atoms with Crippen LogP contribution in [0.5, 0.6) is 0 Å². The van der Waals surface area contributed by atoms with Gasteiger partial charge in [-0.05, 0) is 38.8 Å². The number of carbonyl (C=O) groups is 1. The van der Waals surface area contributed by atoms with Gasteiger partial charge in [0.15, 0.2) is 0 Å². The third kappa shape index (κ3) is 3.13. The minimum absolute atomic E-state index is 0.172. The maximum absolute atomic E-state index is 11.7. The van der Waals surface area contributed by atoms with E-state index in [1.165, 1.54) is 11.9 Å². The van der Waals surface area contributed by atoms with Crippen molar-refractivity contribution >= 4 is 17.9 Å². The zero-order valence-electron chi connectivity index (χ0n) is 11.5. The molecule has 0 radical (unpaired) electrons. The maximum atomic E-state index is 11.7. The Hall–Kier alpha value is -1.96. The monoisotopic (exact) mass is 296 g/mol. The van der Waals surface area contributed by atoms with E-state index in [4.69, 9.17) is 4.74 Å². The van der Waals surface area contributed by atoms with Gasteiger partial charge in [-0.15, -0.1) is 0 Å². The number of esters is 1. The van der Waals surface area contributed by atoms with Crippen LogP contribution in [0.4, 0.5) is 0 Å². The van der Waals surface area contributed by atoms with E-state index in [1.54, 1.807) is 11.0 Å². The molecule has 0 unspecified atom stereocenters. The second kappa shape index (κ2) is 6.00. The number of H-pyrrole nitrogens is 2. The van der Waals surface area contributed by atoms with E-state index < -0.39 is 11.7 Å². The number of hydrogen-bond donors (Lipinski definition) is 2. The molecule has 0 saturated heterocycles. The van der Waals surface area contributed by atoms with Crippen molar-refractivity contribution in [2.24, 2.45) is 0 Å². The van der Waals surface area contributed by atoms with E-state index in [0.29, 0.717) is 11.4 Å². The molecule has 0 aliphatic rings. The van der Waals surface area contributed by atoms with Crippen LogP contribution in [0.2, 0.25) is 0 Å². The molecule has 0 atom stereocenters. The largest absolute Gasteiger partial charge is 0.461 e. The summed E-state index contributed by atoms with van der Waals surface area (Å²) in [6, 6.07) is 1.96. The fraction of sp³-hybridized carbons (Fsp3) is 0.417. The van der Waals surface area contributed by atoms with Crippen LogP contribution in [-0.2, 0) is 10.5 Å². The topological polar surface area (TPSA) is 92.8 Å². The van der Waals surface area contributed by atoms with Gasteiger partial charge in [-0.2, -0.15) is 5.10 Å². The molecule has 108 valence electrons. The first-order chi connectivity index (χ1) is 9.51. The lowest BCUT2D eigenvalue weighted by Gasteiger charge is -2.04. The van der Waals surface area contributed by atoms with Gasteiger partial charge in [-0.1, -0.05) is 0 Å². The quantitative estimate of drug-likeness (QED) is 0.813. The molecule has 7 nitrogen and oxygen atoms in total. The first kappa shape index (κ1) is 14.4. The van der Waals surface area contributed by atoms with Crippen LogP contribution in [0, 0.1) is 13.8 Å². The highest BCUT2D eigenvalue weighted by molar-refractivity contribution is 7.96. The highest BCUT2D eigenvalue weighted by Gasteiger charge is 2.17. The Balaban J connectivity index is 2.15. The molecule has 0 aliphatic heterocycles. The number of nitrogens with one attached hydrogen (secondary N) is 2. The van der Waals surface area contributed by atoms with Crippen LogP contribution >= 0.6 is 11.9 Å². The highest BCUT2D eigenvalue weighted by atomic mass is 32.2. The molecule has 0 amide bonds. The molecular formula is C12H16N4O3S. The van der Waals surface area contributed by atoms with Gasteiger partial charge >= 0.3 is 11.7 Å². The number of ether oxygens (including phenoxy) is 1. The van der Waals surface area contributed by atoms with E-state index in [2.05, 4.69) is 15.1 Å². The van der Waals surface area contributed by atoms with Crippen molar-refractivity contribution in [3.05, 3.63) is 39.3 Å². The molecule has 2 rings (SSSR count). The summed E-state index contributed by atoms with van der Waals surface area (Å²) < 4.78 is 6.66. The standard InChI is InChI=1S/C12H16N4O3S/c1-4-19-11(17)10-9(13-12(18)14-10)6-20-16-8(3)5-7(2)15-16/h5H,4,6H2,1-3H3,(H2,13,14,18). The lowest BCUT2D eigenvalue weighted by atomic mass is 10.3. The van der Waals surface area contributed by atoms with Crippen LogP contribution in [0.25, 0.3) is 0 Å². The van der Waals surface area contributed by atoms with E-state index in [9.17, 15) is 9.59 Å². The second-order valence-electron chi connectivity index (χ2n) is 4.23. The van der Waals surface area contributed by atoms with Crippen molar-refractivity contribution in [3.8, 4) is 0 Å². The van der Waals surface area contributed by atoms with Crippen molar-refractivity contribution in [1.82, 2.24) is 19.2 Å². The summed E-state index contributed by atoms with van der Waals surface area (Å²) in [5, 5.41) is 4.30.